The Bertz CT molecular complexity index is 527. The van der Waals surface area contributed by atoms with Gasteiger partial charge in [-0.15, -0.1) is 0 Å². The van der Waals surface area contributed by atoms with Gasteiger partial charge in [0.2, 0.25) is 0 Å². The molecular formula is C15H19NO4. The Balaban J connectivity index is 2.14. The minimum absolute atomic E-state index is 0.0127. The highest BCUT2D eigenvalue weighted by Crippen LogP contribution is 2.25. The average molecular weight is 277 g/mol. The van der Waals surface area contributed by atoms with Crippen molar-refractivity contribution in [1.29, 1.82) is 0 Å². The Hall–Kier alpha value is -1.88. The molecule has 1 aromatic carbocycles. The molecule has 0 amide bonds. The second-order valence-corrected chi connectivity index (χ2v) is 5.14. The van der Waals surface area contributed by atoms with E-state index in [1.54, 1.807) is 19.2 Å². The van der Waals surface area contributed by atoms with Crippen LogP contribution < -0.4 is 4.74 Å². The van der Waals surface area contributed by atoms with Crippen molar-refractivity contribution in [2.24, 2.45) is 5.92 Å². The highest BCUT2D eigenvalue weighted by Gasteiger charge is 2.28. The first kappa shape index (κ1) is 14.5. The number of carboxylic acid groups (broad SMARTS) is 1. The molecule has 1 atom stereocenters. The van der Waals surface area contributed by atoms with Crippen LogP contribution in [0.15, 0.2) is 18.2 Å². The molecule has 1 aliphatic rings. The van der Waals surface area contributed by atoms with Crippen LogP contribution in [-0.4, -0.2) is 42.0 Å². The fourth-order valence-electron chi connectivity index (χ4n) is 2.54. The fraction of sp³-hybridized carbons (Fsp3) is 0.467. The van der Waals surface area contributed by atoms with Crippen LogP contribution in [0, 0.1) is 5.92 Å². The molecule has 5 nitrogen and oxygen atoms in total. The molecule has 0 aliphatic carbocycles. The third-order valence-corrected chi connectivity index (χ3v) is 3.70. The summed E-state index contributed by atoms with van der Waals surface area (Å²) in [4.78, 5) is 24.5. The molecule has 2 rings (SSSR count). The molecule has 0 saturated carbocycles. The zero-order valence-corrected chi connectivity index (χ0v) is 11.8. The second kappa shape index (κ2) is 6.05. The molecule has 108 valence electrons. The summed E-state index contributed by atoms with van der Waals surface area (Å²) in [5, 5.41) is 9.02. The van der Waals surface area contributed by atoms with Crippen molar-refractivity contribution >= 4 is 11.8 Å². The van der Waals surface area contributed by atoms with Crippen LogP contribution in [0.3, 0.4) is 0 Å². The molecule has 1 N–H and O–H groups in total. The van der Waals surface area contributed by atoms with E-state index >= 15 is 0 Å². The summed E-state index contributed by atoms with van der Waals surface area (Å²) in [6, 6.07) is 5.36. The Morgan fingerprint density at radius 3 is 2.75 bits per heavy atom. The van der Waals surface area contributed by atoms with Gasteiger partial charge in [0.15, 0.2) is 5.78 Å². The summed E-state index contributed by atoms with van der Waals surface area (Å²) in [6.45, 7) is 3.43. The first-order chi connectivity index (χ1) is 9.51. The van der Waals surface area contributed by atoms with E-state index in [9.17, 15) is 9.59 Å². The monoisotopic (exact) mass is 277 g/mol. The maximum atomic E-state index is 11.4. The standard InChI is InChI=1S/C15H19NO4/c1-10(17)11-3-4-14(20-2)13(7-11)9-16-6-5-12(8-16)15(18)19/h3-4,7,12H,5-6,8-9H2,1-2H3,(H,18,19). The lowest BCUT2D eigenvalue weighted by Crippen LogP contribution is -2.23. The highest BCUT2D eigenvalue weighted by atomic mass is 16.5. The van der Waals surface area contributed by atoms with Crippen molar-refractivity contribution in [1.82, 2.24) is 4.90 Å². The molecule has 1 unspecified atom stereocenters. The van der Waals surface area contributed by atoms with E-state index in [0.29, 0.717) is 25.1 Å². The number of rotatable bonds is 5. The number of carboxylic acids is 1. The first-order valence-corrected chi connectivity index (χ1v) is 6.64. The molecule has 0 bridgehead atoms. The number of methoxy groups -OCH3 is 1. The van der Waals surface area contributed by atoms with Gasteiger partial charge in [-0.1, -0.05) is 0 Å². The number of hydrogen-bond acceptors (Lipinski definition) is 4. The van der Waals surface area contributed by atoms with Gasteiger partial charge < -0.3 is 9.84 Å². The first-order valence-electron chi connectivity index (χ1n) is 6.64. The number of likely N-dealkylation sites (tertiary alicyclic amines) is 1. The summed E-state index contributed by atoms with van der Waals surface area (Å²) in [6.07, 6.45) is 0.671. The molecule has 1 heterocycles. The van der Waals surface area contributed by atoms with Crippen molar-refractivity contribution in [2.75, 3.05) is 20.2 Å². The van der Waals surface area contributed by atoms with Crippen LogP contribution in [0.5, 0.6) is 5.75 Å². The topological polar surface area (TPSA) is 66.8 Å². The largest absolute Gasteiger partial charge is 0.496 e. The number of aliphatic carboxylic acids is 1. The highest BCUT2D eigenvalue weighted by molar-refractivity contribution is 5.94. The van der Waals surface area contributed by atoms with Crippen molar-refractivity contribution in [3.63, 3.8) is 0 Å². The van der Waals surface area contributed by atoms with Gasteiger partial charge in [-0.3, -0.25) is 14.5 Å². The van der Waals surface area contributed by atoms with E-state index in [0.717, 1.165) is 17.9 Å². The Labute approximate surface area is 118 Å². The molecule has 0 aromatic heterocycles. The molecule has 1 aliphatic heterocycles. The van der Waals surface area contributed by atoms with Gasteiger partial charge in [0, 0.05) is 24.2 Å². The third-order valence-electron chi connectivity index (χ3n) is 3.70. The Morgan fingerprint density at radius 1 is 1.45 bits per heavy atom. The lowest BCUT2D eigenvalue weighted by molar-refractivity contribution is -0.141. The SMILES string of the molecule is COc1ccc(C(C)=O)cc1CN1CCC(C(=O)O)C1. The van der Waals surface area contributed by atoms with Crippen LogP contribution in [-0.2, 0) is 11.3 Å². The number of carbonyl (C=O) groups is 2. The third kappa shape index (κ3) is 3.17. The Morgan fingerprint density at radius 2 is 2.20 bits per heavy atom. The summed E-state index contributed by atoms with van der Waals surface area (Å²) < 4.78 is 5.31. The van der Waals surface area contributed by atoms with Gasteiger partial charge in [-0.25, -0.2) is 0 Å². The normalized spacial score (nSPS) is 19.0. The number of nitrogens with zero attached hydrogens (tertiary/aromatic N) is 1. The number of carbonyl (C=O) groups excluding carboxylic acids is 1. The van der Waals surface area contributed by atoms with E-state index in [4.69, 9.17) is 9.84 Å². The lowest BCUT2D eigenvalue weighted by Gasteiger charge is -2.18. The van der Waals surface area contributed by atoms with E-state index in [1.807, 2.05) is 6.07 Å². The zero-order valence-electron chi connectivity index (χ0n) is 11.8. The fourth-order valence-corrected chi connectivity index (χ4v) is 2.54. The van der Waals surface area contributed by atoms with Gasteiger partial charge in [0.1, 0.15) is 5.75 Å². The quantitative estimate of drug-likeness (QED) is 0.831. The van der Waals surface area contributed by atoms with Gasteiger partial charge in [0.25, 0.3) is 0 Å². The molecule has 1 aromatic rings. The van der Waals surface area contributed by atoms with Gasteiger partial charge in [0.05, 0.1) is 13.0 Å². The van der Waals surface area contributed by atoms with Crippen LogP contribution in [0.25, 0.3) is 0 Å². The molecule has 1 fully saturated rings. The maximum Gasteiger partial charge on any atom is 0.307 e. The second-order valence-electron chi connectivity index (χ2n) is 5.14. The van der Waals surface area contributed by atoms with Crippen molar-refractivity contribution in [3.8, 4) is 5.75 Å². The summed E-state index contributed by atoms with van der Waals surface area (Å²) in [5.41, 5.74) is 1.57. The summed E-state index contributed by atoms with van der Waals surface area (Å²) >= 11 is 0. The van der Waals surface area contributed by atoms with E-state index in [1.165, 1.54) is 6.92 Å². The molecule has 1 saturated heterocycles. The van der Waals surface area contributed by atoms with Crippen LogP contribution in [0.1, 0.15) is 29.3 Å². The zero-order chi connectivity index (χ0) is 14.7. The van der Waals surface area contributed by atoms with Gasteiger partial charge in [-0.05, 0) is 38.1 Å². The molecule has 20 heavy (non-hydrogen) atoms. The predicted molar refractivity (Wildman–Crippen MR) is 74.0 cm³/mol. The molecular weight excluding hydrogens is 258 g/mol. The van der Waals surface area contributed by atoms with Crippen LogP contribution >= 0.6 is 0 Å². The Kier molecular flexibility index (Phi) is 4.39. The maximum absolute atomic E-state index is 11.4. The van der Waals surface area contributed by atoms with E-state index in [-0.39, 0.29) is 11.7 Å². The molecule has 0 radical (unpaired) electrons. The van der Waals surface area contributed by atoms with E-state index in [2.05, 4.69) is 4.90 Å². The summed E-state index contributed by atoms with van der Waals surface area (Å²) in [7, 11) is 1.59. The average Bonchev–Trinajstić information content (AvgIpc) is 2.87. The number of benzene rings is 1. The van der Waals surface area contributed by atoms with E-state index < -0.39 is 5.97 Å². The van der Waals surface area contributed by atoms with Crippen molar-refractivity contribution in [3.05, 3.63) is 29.3 Å². The smallest absolute Gasteiger partial charge is 0.307 e. The van der Waals surface area contributed by atoms with Gasteiger partial charge >= 0.3 is 5.97 Å². The number of hydrogen-bond donors (Lipinski definition) is 1. The van der Waals surface area contributed by atoms with Crippen LogP contribution in [0.4, 0.5) is 0 Å². The summed E-state index contributed by atoms with van der Waals surface area (Å²) in [5.74, 6) is -0.290. The number of Topliss-reactive ketones (excluding diaryl/α,β-unsaturated/α-hetero) is 1. The minimum atomic E-state index is -0.739. The predicted octanol–water partition coefficient (Wildman–Crippen LogP) is 1.80. The number of ketones is 1. The number of ether oxygens (including phenoxy) is 1. The minimum Gasteiger partial charge on any atom is -0.496 e. The van der Waals surface area contributed by atoms with Crippen molar-refractivity contribution < 1.29 is 19.4 Å². The van der Waals surface area contributed by atoms with Crippen LogP contribution in [0.2, 0.25) is 0 Å². The van der Waals surface area contributed by atoms with Gasteiger partial charge in [-0.2, -0.15) is 0 Å². The molecule has 5 heteroatoms. The van der Waals surface area contributed by atoms with Crippen molar-refractivity contribution in [2.45, 2.75) is 19.9 Å². The molecule has 0 spiro atoms. The lowest BCUT2D eigenvalue weighted by atomic mass is 10.1.